The molecule has 0 saturated carbocycles. The second kappa shape index (κ2) is 8.93. The number of carbonyl (C=O) groups is 2. The molecule has 0 bridgehead atoms. The predicted octanol–water partition coefficient (Wildman–Crippen LogP) is 2.98. The number of hydrogen-bond donors (Lipinski definition) is 1. The van der Waals surface area contributed by atoms with E-state index in [2.05, 4.69) is 18.3 Å². The molecular weight excluding hydrogens is 296 g/mol. The van der Waals surface area contributed by atoms with Crippen molar-refractivity contribution in [3.8, 4) is 0 Å². The standard InChI is InChI=1S/C17H26N2O2S/c1-2-3-6-16(20)18-14-9-11-19(12-10-14)17(21)8-7-15-5-4-13-22-15/h4-5,13-14H,2-3,6-12H2,1H3,(H,18,20). The first-order valence-corrected chi connectivity index (χ1v) is 9.16. The lowest BCUT2D eigenvalue weighted by atomic mass is 10.0. The highest BCUT2D eigenvalue weighted by Crippen LogP contribution is 2.15. The summed E-state index contributed by atoms with van der Waals surface area (Å²) in [5.74, 6) is 0.397. The summed E-state index contributed by atoms with van der Waals surface area (Å²) in [7, 11) is 0. The molecule has 0 unspecified atom stereocenters. The van der Waals surface area contributed by atoms with E-state index < -0.39 is 0 Å². The summed E-state index contributed by atoms with van der Waals surface area (Å²) in [5, 5.41) is 5.14. The fourth-order valence-corrected chi connectivity index (χ4v) is 3.46. The zero-order valence-electron chi connectivity index (χ0n) is 13.3. The van der Waals surface area contributed by atoms with Gasteiger partial charge in [-0.05, 0) is 37.1 Å². The molecular formula is C17H26N2O2S. The molecule has 0 radical (unpaired) electrons. The third-order valence-corrected chi connectivity index (χ3v) is 5.07. The molecule has 1 aliphatic rings. The first-order valence-electron chi connectivity index (χ1n) is 8.28. The number of nitrogens with zero attached hydrogens (tertiary/aromatic N) is 1. The summed E-state index contributed by atoms with van der Waals surface area (Å²) in [6.07, 6.45) is 5.80. The van der Waals surface area contributed by atoms with Gasteiger partial charge >= 0.3 is 0 Å². The molecule has 2 amide bonds. The lowest BCUT2D eigenvalue weighted by molar-refractivity contribution is -0.132. The minimum atomic E-state index is 0.157. The van der Waals surface area contributed by atoms with Crippen molar-refractivity contribution in [2.75, 3.05) is 13.1 Å². The van der Waals surface area contributed by atoms with E-state index in [1.807, 2.05) is 16.3 Å². The van der Waals surface area contributed by atoms with E-state index >= 15 is 0 Å². The van der Waals surface area contributed by atoms with Crippen LogP contribution in [0.2, 0.25) is 0 Å². The van der Waals surface area contributed by atoms with Gasteiger partial charge in [0.2, 0.25) is 11.8 Å². The van der Waals surface area contributed by atoms with Crippen LogP contribution in [0.4, 0.5) is 0 Å². The number of hydrogen-bond acceptors (Lipinski definition) is 3. The molecule has 122 valence electrons. The van der Waals surface area contributed by atoms with Gasteiger partial charge in [-0.3, -0.25) is 9.59 Å². The van der Waals surface area contributed by atoms with E-state index in [0.717, 1.165) is 45.2 Å². The fourth-order valence-electron chi connectivity index (χ4n) is 2.75. The number of aryl methyl sites for hydroxylation is 1. The van der Waals surface area contributed by atoms with Gasteiger partial charge in [-0.25, -0.2) is 0 Å². The quantitative estimate of drug-likeness (QED) is 0.839. The van der Waals surface area contributed by atoms with Gasteiger partial charge in [0.15, 0.2) is 0 Å². The number of nitrogens with one attached hydrogen (secondary N) is 1. The summed E-state index contributed by atoms with van der Waals surface area (Å²) < 4.78 is 0. The van der Waals surface area contributed by atoms with Crippen LogP contribution in [0.15, 0.2) is 17.5 Å². The van der Waals surface area contributed by atoms with Crippen molar-refractivity contribution < 1.29 is 9.59 Å². The Labute approximate surface area is 136 Å². The van der Waals surface area contributed by atoms with Crippen LogP contribution in [-0.2, 0) is 16.0 Å². The van der Waals surface area contributed by atoms with Crippen molar-refractivity contribution in [3.05, 3.63) is 22.4 Å². The molecule has 1 saturated heterocycles. The highest BCUT2D eigenvalue weighted by molar-refractivity contribution is 7.09. The van der Waals surface area contributed by atoms with Crippen LogP contribution in [-0.4, -0.2) is 35.8 Å². The van der Waals surface area contributed by atoms with Crippen molar-refractivity contribution in [2.45, 2.75) is 57.9 Å². The second-order valence-electron chi connectivity index (χ2n) is 5.91. The summed E-state index contributed by atoms with van der Waals surface area (Å²) in [6, 6.07) is 4.35. The molecule has 0 aliphatic carbocycles. The third-order valence-electron chi connectivity index (χ3n) is 4.14. The number of rotatable bonds is 7. The summed E-state index contributed by atoms with van der Waals surface area (Å²) >= 11 is 1.71. The van der Waals surface area contributed by atoms with Crippen molar-refractivity contribution in [1.29, 1.82) is 0 Å². The highest BCUT2D eigenvalue weighted by atomic mass is 32.1. The molecule has 1 aromatic rings. The minimum Gasteiger partial charge on any atom is -0.353 e. The first kappa shape index (κ1) is 17.0. The normalized spacial score (nSPS) is 15.8. The molecule has 1 aliphatic heterocycles. The first-order chi connectivity index (χ1) is 10.7. The van der Waals surface area contributed by atoms with Crippen molar-refractivity contribution in [3.63, 3.8) is 0 Å². The van der Waals surface area contributed by atoms with Crippen LogP contribution in [0.5, 0.6) is 0 Å². The maximum Gasteiger partial charge on any atom is 0.222 e. The van der Waals surface area contributed by atoms with E-state index in [0.29, 0.717) is 12.8 Å². The van der Waals surface area contributed by atoms with Crippen molar-refractivity contribution in [2.24, 2.45) is 0 Å². The van der Waals surface area contributed by atoms with E-state index in [1.54, 1.807) is 11.3 Å². The highest BCUT2D eigenvalue weighted by Gasteiger charge is 2.23. The van der Waals surface area contributed by atoms with Gasteiger partial charge in [-0.15, -0.1) is 11.3 Å². The van der Waals surface area contributed by atoms with E-state index in [4.69, 9.17) is 0 Å². The summed E-state index contributed by atoms with van der Waals surface area (Å²) in [6.45, 7) is 3.62. The van der Waals surface area contributed by atoms with E-state index in [-0.39, 0.29) is 17.9 Å². The number of amides is 2. The smallest absolute Gasteiger partial charge is 0.222 e. The maximum absolute atomic E-state index is 12.2. The van der Waals surface area contributed by atoms with E-state index in [9.17, 15) is 9.59 Å². The zero-order chi connectivity index (χ0) is 15.8. The van der Waals surface area contributed by atoms with Gasteiger partial charge in [0.25, 0.3) is 0 Å². The topological polar surface area (TPSA) is 49.4 Å². The van der Waals surface area contributed by atoms with Crippen LogP contribution in [0.3, 0.4) is 0 Å². The molecule has 22 heavy (non-hydrogen) atoms. The maximum atomic E-state index is 12.2. The van der Waals surface area contributed by atoms with Crippen LogP contribution < -0.4 is 5.32 Å². The third kappa shape index (κ3) is 5.44. The summed E-state index contributed by atoms with van der Waals surface area (Å²) in [5.41, 5.74) is 0. The average Bonchev–Trinajstić information content (AvgIpc) is 3.05. The Bertz CT molecular complexity index is 465. The Hall–Kier alpha value is -1.36. The van der Waals surface area contributed by atoms with E-state index in [1.165, 1.54) is 4.88 Å². The molecule has 1 N–H and O–H groups in total. The number of piperidine rings is 1. The Morgan fingerprint density at radius 3 is 2.73 bits per heavy atom. The Morgan fingerprint density at radius 2 is 2.09 bits per heavy atom. The average molecular weight is 322 g/mol. The van der Waals surface area contributed by atoms with Gasteiger partial charge in [-0.2, -0.15) is 0 Å². The van der Waals surface area contributed by atoms with Crippen LogP contribution in [0, 0.1) is 0 Å². The monoisotopic (exact) mass is 322 g/mol. The lowest BCUT2D eigenvalue weighted by Gasteiger charge is -2.32. The molecule has 1 aromatic heterocycles. The van der Waals surface area contributed by atoms with Crippen molar-refractivity contribution >= 4 is 23.2 Å². The Morgan fingerprint density at radius 1 is 1.32 bits per heavy atom. The van der Waals surface area contributed by atoms with Gasteiger partial charge in [0, 0.05) is 36.9 Å². The molecule has 5 heteroatoms. The minimum absolute atomic E-state index is 0.157. The predicted molar refractivity (Wildman–Crippen MR) is 89.9 cm³/mol. The van der Waals surface area contributed by atoms with Crippen LogP contribution in [0.1, 0.15) is 50.3 Å². The van der Waals surface area contributed by atoms with Gasteiger partial charge in [-0.1, -0.05) is 19.4 Å². The molecule has 2 heterocycles. The van der Waals surface area contributed by atoms with Crippen molar-refractivity contribution in [1.82, 2.24) is 10.2 Å². The molecule has 2 rings (SSSR count). The summed E-state index contributed by atoms with van der Waals surface area (Å²) in [4.78, 5) is 27.2. The SMILES string of the molecule is CCCCC(=O)NC1CCN(C(=O)CCc2cccs2)CC1. The zero-order valence-corrected chi connectivity index (χ0v) is 14.2. The molecule has 1 fully saturated rings. The van der Waals surface area contributed by atoms with Crippen LogP contribution >= 0.6 is 11.3 Å². The molecule has 0 aromatic carbocycles. The number of likely N-dealkylation sites (tertiary alicyclic amines) is 1. The molecule has 4 nitrogen and oxygen atoms in total. The van der Waals surface area contributed by atoms with Gasteiger partial charge < -0.3 is 10.2 Å². The number of unbranched alkanes of at least 4 members (excludes halogenated alkanes) is 1. The Balaban J connectivity index is 1.65. The largest absolute Gasteiger partial charge is 0.353 e. The Kier molecular flexibility index (Phi) is 6.90. The molecule has 0 atom stereocenters. The molecule has 0 spiro atoms. The lowest BCUT2D eigenvalue weighted by Crippen LogP contribution is -2.46. The van der Waals surface area contributed by atoms with Gasteiger partial charge in [0.05, 0.1) is 0 Å². The number of thiophene rings is 1. The fraction of sp³-hybridized carbons (Fsp3) is 0.647. The second-order valence-corrected chi connectivity index (χ2v) is 6.94. The number of carbonyl (C=O) groups excluding carboxylic acids is 2. The van der Waals surface area contributed by atoms with Crippen LogP contribution in [0.25, 0.3) is 0 Å². The van der Waals surface area contributed by atoms with Gasteiger partial charge in [0.1, 0.15) is 0 Å².